The van der Waals surface area contributed by atoms with Crippen molar-refractivity contribution in [2.24, 2.45) is 0 Å². The van der Waals surface area contributed by atoms with Crippen LogP contribution >= 0.6 is 0 Å². The zero-order chi connectivity index (χ0) is 11.3. The molecular weight excluding hydrogens is 200 g/mol. The molecule has 5 heteroatoms. The summed E-state index contributed by atoms with van der Waals surface area (Å²) in [6, 6.07) is 0. The molecule has 0 aromatic rings. The van der Waals surface area contributed by atoms with Gasteiger partial charge in [-0.2, -0.15) is 0 Å². The molecule has 0 bridgehead atoms. The molecule has 0 saturated heterocycles. The molecule has 1 rings (SSSR count). The Bertz CT molecular complexity index is 261. The Balaban J connectivity index is 2.68. The number of aliphatic carboxylic acids is 1. The van der Waals surface area contributed by atoms with Crippen LogP contribution in [0, 0.1) is 0 Å². The number of allylic oxidation sites excluding steroid dienone is 1. The predicted octanol–water partition coefficient (Wildman–Crippen LogP) is 1.49. The Kier molecular flexibility index (Phi) is 3.96. The largest absolute Gasteiger partial charge is 0.495 e. The van der Waals surface area contributed by atoms with E-state index in [9.17, 15) is 4.79 Å². The standard InChI is InChI=1S/C10H16O5/c1-3-13-8-5-6-10(9(11)12,14-4-2)15-7-8/h7H,3-6H2,1-2H3,(H,11,12). The summed E-state index contributed by atoms with van der Waals surface area (Å²) in [5, 5.41) is 9.02. The highest BCUT2D eigenvalue weighted by Crippen LogP contribution is 2.29. The highest BCUT2D eigenvalue weighted by molar-refractivity contribution is 5.76. The second kappa shape index (κ2) is 5.02. The van der Waals surface area contributed by atoms with Gasteiger partial charge in [0, 0.05) is 19.4 Å². The van der Waals surface area contributed by atoms with Gasteiger partial charge in [0.1, 0.15) is 12.0 Å². The van der Waals surface area contributed by atoms with Crippen LogP contribution in [0.1, 0.15) is 26.7 Å². The van der Waals surface area contributed by atoms with E-state index in [1.807, 2.05) is 6.92 Å². The van der Waals surface area contributed by atoms with Crippen molar-refractivity contribution < 1.29 is 24.1 Å². The first-order valence-corrected chi connectivity index (χ1v) is 5.01. The first-order chi connectivity index (χ1) is 7.14. The van der Waals surface area contributed by atoms with E-state index in [1.54, 1.807) is 6.92 Å². The van der Waals surface area contributed by atoms with Crippen molar-refractivity contribution in [2.45, 2.75) is 32.5 Å². The average Bonchev–Trinajstić information content (AvgIpc) is 2.21. The van der Waals surface area contributed by atoms with Crippen LogP contribution in [0.4, 0.5) is 0 Å². The lowest BCUT2D eigenvalue weighted by atomic mass is 10.1. The maximum atomic E-state index is 11.0. The summed E-state index contributed by atoms with van der Waals surface area (Å²) >= 11 is 0. The smallest absolute Gasteiger partial charge is 0.377 e. The molecule has 15 heavy (non-hydrogen) atoms. The first kappa shape index (κ1) is 11.8. The molecule has 0 aromatic heterocycles. The Morgan fingerprint density at radius 1 is 1.60 bits per heavy atom. The van der Waals surface area contributed by atoms with Gasteiger partial charge in [-0.15, -0.1) is 0 Å². The van der Waals surface area contributed by atoms with Crippen LogP contribution in [-0.4, -0.2) is 30.1 Å². The minimum absolute atomic E-state index is 0.266. The van der Waals surface area contributed by atoms with E-state index >= 15 is 0 Å². The summed E-state index contributed by atoms with van der Waals surface area (Å²) in [5.41, 5.74) is 0. The third-order valence-electron chi connectivity index (χ3n) is 2.11. The molecule has 0 aliphatic carbocycles. The highest BCUT2D eigenvalue weighted by atomic mass is 16.7. The van der Waals surface area contributed by atoms with Crippen molar-refractivity contribution in [1.29, 1.82) is 0 Å². The molecule has 1 aliphatic rings. The molecule has 0 saturated carbocycles. The first-order valence-electron chi connectivity index (χ1n) is 5.01. The second-order valence-corrected chi connectivity index (χ2v) is 3.13. The van der Waals surface area contributed by atoms with Gasteiger partial charge >= 0.3 is 11.8 Å². The minimum Gasteiger partial charge on any atom is -0.495 e. The van der Waals surface area contributed by atoms with E-state index in [0.29, 0.717) is 25.4 Å². The van der Waals surface area contributed by atoms with Crippen molar-refractivity contribution in [3.05, 3.63) is 12.0 Å². The van der Waals surface area contributed by atoms with Crippen LogP contribution in [0.3, 0.4) is 0 Å². The number of carboxylic acids is 1. The maximum absolute atomic E-state index is 11.0. The third kappa shape index (κ3) is 2.62. The van der Waals surface area contributed by atoms with Crippen molar-refractivity contribution in [3.8, 4) is 0 Å². The van der Waals surface area contributed by atoms with Crippen molar-refractivity contribution in [3.63, 3.8) is 0 Å². The molecule has 1 heterocycles. The molecular formula is C10H16O5. The van der Waals surface area contributed by atoms with Gasteiger partial charge in [0.25, 0.3) is 0 Å². The lowest BCUT2D eigenvalue weighted by Gasteiger charge is -2.31. The van der Waals surface area contributed by atoms with E-state index < -0.39 is 11.8 Å². The van der Waals surface area contributed by atoms with Gasteiger partial charge in [-0.3, -0.25) is 0 Å². The second-order valence-electron chi connectivity index (χ2n) is 3.13. The van der Waals surface area contributed by atoms with E-state index in [-0.39, 0.29) is 6.42 Å². The number of rotatable bonds is 5. The summed E-state index contributed by atoms with van der Waals surface area (Å²) < 4.78 is 15.5. The zero-order valence-corrected chi connectivity index (χ0v) is 8.99. The quantitative estimate of drug-likeness (QED) is 0.754. The summed E-state index contributed by atoms with van der Waals surface area (Å²) in [6.07, 6.45) is 2.11. The average molecular weight is 216 g/mol. The number of carbonyl (C=O) groups is 1. The number of hydrogen-bond donors (Lipinski definition) is 1. The molecule has 1 N–H and O–H groups in total. The SMILES string of the molecule is CCOC1=COC(OCC)(C(=O)O)CC1. The van der Waals surface area contributed by atoms with E-state index in [1.165, 1.54) is 6.26 Å². The lowest BCUT2D eigenvalue weighted by Crippen LogP contribution is -2.45. The Hall–Kier alpha value is -1.23. The summed E-state index contributed by atoms with van der Waals surface area (Å²) in [5.74, 6) is -1.97. The van der Waals surface area contributed by atoms with Crippen LogP contribution < -0.4 is 0 Å². The fourth-order valence-corrected chi connectivity index (χ4v) is 1.42. The van der Waals surface area contributed by atoms with Gasteiger partial charge in [0.05, 0.1) is 6.61 Å². The van der Waals surface area contributed by atoms with Gasteiger partial charge < -0.3 is 19.3 Å². The fraction of sp³-hybridized carbons (Fsp3) is 0.700. The van der Waals surface area contributed by atoms with Gasteiger partial charge in [-0.1, -0.05) is 0 Å². The van der Waals surface area contributed by atoms with E-state index in [0.717, 1.165) is 0 Å². The minimum atomic E-state index is -1.53. The molecule has 0 spiro atoms. The molecule has 0 radical (unpaired) electrons. The molecule has 5 nitrogen and oxygen atoms in total. The Morgan fingerprint density at radius 3 is 2.73 bits per heavy atom. The van der Waals surface area contributed by atoms with Crippen LogP contribution in [0.5, 0.6) is 0 Å². The fourth-order valence-electron chi connectivity index (χ4n) is 1.42. The van der Waals surface area contributed by atoms with Crippen LogP contribution in [0.15, 0.2) is 12.0 Å². The van der Waals surface area contributed by atoms with Crippen molar-refractivity contribution in [2.75, 3.05) is 13.2 Å². The number of hydrogen-bond acceptors (Lipinski definition) is 4. The van der Waals surface area contributed by atoms with Crippen LogP contribution in [-0.2, 0) is 19.0 Å². The summed E-state index contributed by atoms with van der Waals surface area (Å²) in [6.45, 7) is 4.44. The predicted molar refractivity (Wildman–Crippen MR) is 52.0 cm³/mol. The lowest BCUT2D eigenvalue weighted by molar-refractivity contribution is -0.232. The van der Waals surface area contributed by atoms with Gasteiger partial charge in [-0.05, 0) is 13.8 Å². The number of carboxylic acid groups (broad SMARTS) is 1. The van der Waals surface area contributed by atoms with Crippen LogP contribution in [0.2, 0.25) is 0 Å². The van der Waals surface area contributed by atoms with Gasteiger partial charge in [0.15, 0.2) is 0 Å². The summed E-state index contributed by atoms with van der Waals surface area (Å²) in [7, 11) is 0. The molecule has 1 unspecified atom stereocenters. The van der Waals surface area contributed by atoms with Crippen molar-refractivity contribution >= 4 is 5.97 Å². The van der Waals surface area contributed by atoms with E-state index in [2.05, 4.69) is 0 Å². The Labute approximate surface area is 88.6 Å². The molecule has 0 fully saturated rings. The third-order valence-corrected chi connectivity index (χ3v) is 2.11. The molecule has 0 aromatic carbocycles. The van der Waals surface area contributed by atoms with Gasteiger partial charge in [0.2, 0.25) is 0 Å². The highest BCUT2D eigenvalue weighted by Gasteiger charge is 2.43. The Morgan fingerprint density at radius 2 is 2.33 bits per heavy atom. The molecule has 0 amide bonds. The number of ether oxygens (including phenoxy) is 3. The molecule has 1 aliphatic heterocycles. The monoisotopic (exact) mass is 216 g/mol. The van der Waals surface area contributed by atoms with Crippen LogP contribution in [0.25, 0.3) is 0 Å². The maximum Gasteiger partial charge on any atom is 0.377 e. The van der Waals surface area contributed by atoms with Gasteiger partial charge in [-0.25, -0.2) is 4.79 Å². The van der Waals surface area contributed by atoms with Crippen molar-refractivity contribution in [1.82, 2.24) is 0 Å². The summed E-state index contributed by atoms with van der Waals surface area (Å²) in [4.78, 5) is 11.0. The zero-order valence-electron chi connectivity index (χ0n) is 8.99. The van der Waals surface area contributed by atoms with E-state index in [4.69, 9.17) is 19.3 Å². The molecule has 86 valence electrons. The molecule has 1 atom stereocenters. The topological polar surface area (TPSA) is 65.0 Å². The normalized spacial score (nSPS) is 25.3.